The van der Waals surface area contributed by atoms with Crippen LogP contribution in [0.15, 0.2) is 36.5 Å². The van der Waals surface area contributed by atoms with E-state index in [0.717, 1.165) is 25.0 Å². The molecule has 112 valence electrons. The molecule has 21 heavy (non-hydrogen) atoms. The van der Waals surface area contributed by atoms with Gasteiger partial charge in [0.2, 0.25) is 0 Å². The van der Waals surface area contributed by atoms with Crippen molar-refractivity contribution in [3.8, 4) is 0 Å². The monoisotopic (exact) mass is 282 g/mol. The molecule has 0 aliphatic heterocycles. The molecule has 0 aliphatic rings. The summed E-state index contributed by atoms with van der Waals surface area (Å²) in [6.45, 7) is 8.92. The topological polar surface area (TPSA) is 25.8 Å². The lowest BCUT2D eigenvalue weighted by molar-refractivity contribution is 0.632. The summed E-state index contributed by atoms with van der Waals surface area (Å²) < 4.78 is 0. The quantitative estimate of drug-likeness (QED) is 0.781. The van der Waals surface area contributed by atoms with Crippen LogP contribution in [0.4, 0.5) is 0 Å². The summed E-state index contributed by atoms with van der Waals surface area (Å²) in [5.74, 6) is 1.28. The fourth-order valence-electron chi connectivity index (χ4n) is 2.54. The van der Waals surface area contributed by atoms with E-state index < -0.39 is 0 Å². The van der Waals surface area contributed by atoms with E-state index in [1.807, 2.05) is 6.20 Å². The van der Waals surface area contributed by atoms with Gasteiger partial charge >= 0.3 is 0 Å². The fraction of sp³-hybridized carbons (Fsp3) is 0.474. The molecular weight excluding hydrogens is 256 g/mol. The number of nitrogens with zero attached hydrogens (tertiary/aromatic N) is 2. The van der Waals surface area contributed by atoms with Crippen molar-refractivity contribution in [2.24, 2.45) is 11.8 Å². The molecule has 0 saturated carbocycles. The molecule has 0 atom stereocenters. The maximum absolute atomic E-state index is 4.78. The first-order valence-corrected chi connectivity index (χ1v) is 7.91. The molecule has 0 fully saturated rings. The predicted molar refractivity (Wildman–Crippen MR) is 88.4 cm³/mol. The molecule has 2 rings (SSSR count). The zero-order chi connectivity index (χ0) is 15.2. The maximum Gasteiger partial charge on any atom is 0.0450 e. The zero-order valence-corrected chi connectivity index (χ0v) is 13.6. The molecule has 2 nitrogen and oxygen atoms in total. The highest BCUT2D eigenvalue weighted by Crippen LogP contribution is 2.13. The summed E-state index contributed by atoms with van der Waals surface area (Å²) in [7, 11) is 0. The van der Waals surface area contributed by atoms with Gasteiger partial charge in [-0.25, -0.2) is 0 Å². The summed E-state index contributed by atoms with van der Waals surface area (Å²) in [5.41, 5.74) is 4.82. The van der Waals surface area contributed by atoms with Crippen molar-refractivity contribution in [1.82, 2.24) is 9.97 Å². The fourth-order valence-corrected chi connectivity index (χ4v) is 2.54. The smallest absolute Gasteiger partial charge is 0.0450 e. The van der Waals surface area contributed by atoms with E-state index in [-0.39, 0.29) is 0 Å². The van der Waals surface area contributed by atoms with Crippen LogP contribution >= 0.6 is 0 Å². The predicted octanol–water partition coefficient (Wildman–Crippen LogP) is 4.46. The average molecular weight is 282 g/mol. The average Bonchev–Trinajstić information content (AvgIpc) is 2.37. The summed E-state index contributed by atoms with van der Waals surface area (Å²) in [5, 5.41) is 0. The Labute approximate surface area is 128 Å². The van der Waals surface area contributed by atoms with Crippen LogP contribution in [-0.2, 0) is 19.3 Å². The highest BCUT2D eigenvalue weighted by atomic mass is 14.7. The van der Waals surface area contributed by atoms with Crippen molar-refractivity contribution in [3.63, 3.8) is 0 Å². The second kappa shape index (κ2) is 7.35. The van der Waals surface area contributed by atoms with E-state index >= 15 is 0 Å². The van der Waals surface area contributed by atoms with Gasteiger partial charge in [0.15, 0.2) is 0 Å². The largest absolute Gasteiger partial charge is 0.261 e. The van der Waals surface area contributed by atoms with Gasteiger partial charge in [0.05, 0.1) is 0 Å². The van der Waals surface area contributed by atoms with Crippen LogP contribution in [-0.4, -0.2) is 9.97 Å². The van der Waals surface area contributed by atoms with Gasteiger partial charge in [0.1, 0.15) is 0 Å². The lowest BCUT2D eigenvalue weighted by Gasteiger charge is -2.08. The molecule has 0 bridgehead atoms. The Hall–Kier alpha value is -1.70. The minimum Gasteiger partial charge on any atom is -0.261 e. The lowest BCUT2D eigenvalue weighted by atomic mass is 10.0. The number of pyridine rings is 2. The normalized spacial score (nSPS) is 11.3. The van der Waals surface area contributed by atoms with Crippen LogP contribution in [0.25, 0.3) is 0 Å². The van der Waals surface area contributed by atoms with Gasteiger partial charge in [-0.3, -0.25) is 9.97 Å². The van der Waals surface area contributed by atoms with E-state index in [9.17, 15) is 0 Å². The van der Waals surface area contributed by atoms with E-state index in [4.69, 9.17) is 4.98 Å². The molecule has 2 heterocycles. The summed E-state index contributed by atoms with van der Waals surface area (Å²) in [4.78, 5) is 9.24. The van der Waals surface area contributed by atoms with Crippen LogP contribution in [0.2, 0.25) is 0 Å². The molecule has 0 aromatic carbocycles. The van der Waals surface area contributed by atoms with Crippen molar-refractivity contribution < 1.29 is 0 Å². The number of rotatable bonds is 6. The van der Waals surface area contributed by atoms with Crippen LogP contribution in [0, 0.1) is 11.8 Å². The first-order valence-electron chi connectivity index (χ1n) is 7.91. The van der Waals surface area contributed by atoms with E-state index in [1.165, 1.54) is 17.0 Å². The molecule has 0 radical (unpaired) electrons. The van der Waals surface area contributed by atoms with Crippen molar-refractivity contribution in [2.75, 3.05) is 0 Å². The van der Waals surface area contributed by atoms with Crippen LogP contribution in [0.1, 0.15) is 50.3 Å². The Balaban J connectivity index is 2.10. The van der Waals surface area contributed by atoms with Crippen molar-refractivity contribution in [2.45, 2.75) is 47.0 Å². The third kappa shape index (κ3) is 5.30. The molecule has 0 unspecified atom stereocenters. The summed E-state index contributed by atoms with van der Waals surface area (Å²) in [6.07, 6.45) is 4.89. The Morgan fingerprint density at radius 3 is 2.24 bits per heavy atom. The van der Waals surface area contributed by atoms with Gasteiger partial charge < -0.3 is 0 Å². The SMILES string of the molecule is CC(C)Cc1cc(Cc2cccc(CC(C)C)n2)ccn1. The van der Waals surface area contributed by atoms with Crippen molar-refractivity contribution in [1.29, 1.82) is 0 Å². The van der Waals surface area contributed by atoms with E-state index in [1.54, 1.807) is 0 Å². The van der Waals surface area contributed by atoms with Gasteiger partial charge in [0, 0.05) is 29.7 Å². The van der Waals surface area contributed by atoms with Gasteiger partial charge in [-0.1, -0.05) is 33.8 Å². The van der Waals surface area contributed by atoms with Gasteiger partial charge in [-0.2, -0.15) is 0 Å². The second-order valence-corrected chi connectivity index (χ2v) is 6.65. The third-order valence-corrected chi connectivity index (χ3v) is 3.37. The van der Waals surface area contributed by atoms with Crippen LogP contribution in [0.5, 0.6) is 0 Å². The van der Waals surface area contributed by atoms with Gasteiger partial charge in [0.25, 0.3) is 0 Å². The molecule has 0 spiro atoms. The highest BCUT2D eigenvalue weighted by molar-refractivity contribution is 5.24. The van der Waals surface area contributed by atoms with Gasteiger partial charge in [-0.15, -0.1) is 0 Å². The van der Waals surface area contributed by atoms with Gasteiger partial charge in [-0.05, 0) is 54.5 Å². The van der Waals surface area contributed by atoms with Crippen molar-refractivity contribution >= 4 is 0 Å². The van der Waals surface area contributed by atoms with Crippen LogP contribution in [0.3, 0.4) is 0 Å². The molecule has 2 aromatic rings. The number of hydrogen-bond donors (Lipinski definition) is 0. The first-order chi connectivity index (χ1) is 10.0. The maximum atomic E-state index is 4.78. The zero-order valence-electron chi connectivity index (χ0n) is 13.6. The molecule has 0 N–H and O–H groups in total. The minimum atomic E-state index is 0.639. The lowest BCUT2D eigenvalue weighted by Crippen LogP contribution is -2.02. The Morgan fingerprint density at radius 1 is 0.857 bits per heavy atom. The highest BCUT2D eigenvalue weighted by Gasteiger charge is 2.04. The Morgan fingerprint density at radius 2 is 1.52 bits per heavy atom. The molecule has 2 heteroatoms. The third-order valence-electron chi connectivity index (χ3n) is 3.37. The summed E-state index contributed by atoms with van der Waals surface area (Å²) >= 11 is 0. The number of hydrogen-bond acceptors (Lipinski definition) is 2. The molecule has 0 saturated heterocycles. The first kappa shape index (κ1) is 15.7. The molecule has 2 aromatic heterocycles. The van der Waals surface area contributed by atoms with Crippen molar-refractivity contribution in [3.05, 3.63) is 59.2 Å². The Bertz CT molecular complexity index is 522. The van der Waals surface area contributed by atoms with E-state index in [0.29, 0.717) is 11.8 Å². The molecular formula is C19H26N2. The van der Waals surface area contributed by atoms with Crippen LogP contribution < -0.4 is 0 Å². The molecule has 0 aliphatic carbocycles. The number of aromatic nitrogens is 2. The Kier molecular flexibility index (Phi) is 5.49. The second-order valence-electron chi connectivity index (χ2n) is 6.65. The minimum absolute atomic E-state index is 0.639. The summed E-state index contributed by atoms with van der Waals surface area (Å²) in [6, 6.07) is 10.7. The van der Waals surface area contributed by atoms with E-state index in [2.05, 4.69) is 63.0 Å². The standard InChI is InChI=1S/C19H26N2/c1-14(2)10-17-6-5-7-18(21-17)12-16-8-9-20-19(13-16)11-15(3)4/h5-9,13-15H,10-12H2,1-4H3. The molecule has 0 amide bonds.